The molecule has 0 saturated heterocycles. The molecule has 1 aromatic carbocycles. The second-order valence-electron chi connectivity index (χ2n) is 5.22. The van der Waals surface area contributed by atoms with Crippen LogP contribution in [0.15, 0.2) is 18.2 Å². The molecule has 0 radical (unpaired) electrons. The van der Waals surface area contributed by atoms with Crippen molar-refractivity contribution in [3.8, 4) is 5.75 Å². The van der Waals surface area contributed by atoms with Gasteiger partial charge in [-0.05, 0) is 25.5 Å². The summed E-state index contributed by atoms with van der Waals surface area (Å²) in [7, 11) is 3.31. The third-order valence-electron chi connectivity index (χ3n) is 3.72. The highest BCUT2D eigenvalue weighted by molar-refractivity contribution is 5.58. The topological polar surface area (TPSA) is 50.7 Å². The van der Waals surface area contributed by atoms with Crippen LogP contribution in [0.3, 0.4) is 0 Å². The number of aliphatic hydroxyl groups excluding tert-OH is 1. The van der Waals surface area contributed by atoms with E-state index in [0.29, 0.717) is 6.42 Å². The highest BCUT2D eigenvalue weighted by Crippen LogP contribution is 2.33. The van der Waals surface area contributed by atoms with E-state index in [2.05, 4.69) is 5.32 Å². The predicted molar refractivity (Wildman–Crippen MR) is 71.2 cm³/mol. The average Bonchev–Trinajstić information content (AvgIpc) is 2.37. The Hall–Kier alpha value is -1.26. The predicted octanol–water partition coefficient (Wildman–Crippen LogP) is 1.82. The fourth-order valence-electron chi connectivity index (χ4n) is 2.37. The summed E-state index contributed by atoms with van der Waals surface area (Å²) in [6, 6.07) is 5.72. The van der Waals surface area contributed by atoms with Crippen molar-refractivity contribution < 1.29 is 14.6 Å². The van der Waals surface area contributed by atoms with Crippen molar-refractivity contribution in [1.29, 1.82) is 0 Å². The Morgan fingerprint density at radius 2 is 2.06 bits per heavy atom. The van der Waals surface area contributed by atoms with Crippen molar-refractivity contribution in [2.24, 2.45) is 0 Å². The highest BCUT2D eigenvalue weighted by Gasteiger charge is 2.38. The van der Waals surface area contributed by atoms with Crippen LogP contribution in [-0.4, -0.2) is 37.1 Å². The molecule has 2 rings (SSSR count). The van der Waals surface area contributed by atoms with Crippen LogP contribution in [0.1, 0.15) is 19.4 Å². The van der Waals surface area contributed by atoms with Crippen LogP contribution < -0.4 is 10.1 Å². The molecule has 0 fully saturated rings. The highest BCUT2D eigenvalue weighted by atomic mass is 16.5. The molecule has 1 aliphatic rings. The van der Waals surface area contributed by atoms with Crippen LogP contribution in [0.2, 0.25) is 0 Å². The number of methoxy groups -OCH3 is 2. The number of benzene rings is 1. The molecule has 0 spiro atoms. The van der Waals surface area contributed by atoms with Gasteiger partial charge in [-0.3, -0.25) is 0 Å². The normalized spacial score (nSPS) is 23.2. The molecule has 0 amide bonds. The van der Waals surface area contributed by atoms with Crippen molar-refractivity contribution in [3.05, 3.63) is 23.8 Å². The minimum Gasteiger partial charge on any atom is -0.497 e. The Kier molecular flexibility index (Phi) is 3.50. The second kappa shape index (κ2) is 4.78. The molecule has 100 valence electrons. The summed E-state index contributed by atoms with van der Waals surface area (Å²) < 4.78 is 10.7. The van der Waals surface area contributed by atoms with Crippen LogP contribution in [0.4, 0.5) is 5.69 Å². The van der Waals surface area contributed by atoms with Crippen molar-refractivity contribution in [2.75, 3.05) is 19.5 Å². The summed E-state index contributed by atoms with van der Waals surface area (Å²) in [5, 5.41) is 13.6. The number of nitrogens with one attached hydrogen (secondary N) is 1. The quantitative estimate of drug-likeness (QED) is 0.860. The summed E-state index contributed by atoms with van der Waals surface area (Å²) >= 11 is 0. The Labute approximate surface area is 108 Å². The monoisotopic (exact) mass is 251 g/mol. The number of anilines is 1. The van der Waals surface area contributed by atoms with E-state index in [1.54, 1.807) is 14.2 Å². The zero-order valence-corrected chi connectivity index (χ0v) is 11.4. The Morgan fingerprint density at radius 1 is 1.33 bits per heavy atom. The fourth-order valence-corrected chi connectivity index (χ4v) is 2.37. The van der Waals surface area contributed by atoms with Gasteiger partial charge < -0.3 is 19.9 Å². The Balaban J connectivity index is 2.30. The van der Waals surface area contributed by atoms with E-state index in [0.717, 1.165) is 17.0 Å². The summed E-state index contributed by atoms with van der Waals surface area (Å²) in [6.45, 7) is 3.94. The molecule has 0 saturated carbocycles. The van der Waals surface area contributed by atoms with Gasteiger partial charge in [-0.25, -0.2) is 0 Å². The van der Waals surface area contributed by atoms with E-state index in [-0.39, 0.29) is 6.04 Å². The van der Waals surface area contributed by atoms with Crippen LogP contribution in [0.5, 0.6) is 5.75 Å². The number of ether oxygens (including phenoxy) is 2. The van der Waals surface area contributed by atoms with Gasteiger partial charge in [0.2, 0.25) is 0 Å². The third kappa shape index (κ3) is 2.31. The molecule has 2 unspecified atom stereocenters. The maximum absolute atomic E-state index is 10.2. The van der Waals surface area contributed by atoms with Gasteiger partial charge in [-0.15, -0.1) is 0 Å². The van der Waals surface area contributed by atoms with Gasteiger partial charge in [0, 0.05) is 25.3 Å². The zero-order valence-electron chi connectivity index (χ0n) is 11.4. The number of hydrogen-bond acceptors (Lipinski definition) is 4. The van der Waals surface area contributed by atoms with E-state index in [1.165, 1.54) is 0 Å². The maximum atomic E-state index is 10.2. The number of rotatable bonds is 3. The largest absolute Gasteiger partial charge is 0.497 e. The molecule has 1 aromatic rings. The van der Waals surface area contributed by atoms with Gasteiger partial charge in [0.05, 0.1) is 24.9 Å². The van der Waals surface area contributed by atoms with Crippen LogP contribution in [-0.2, 0) is 11.2 Å². The van der Waals surface area contributed by atoms with Crippen molar-refractivity contribution in [1.82, 2.24) is 0 Å². The molecular weight excluding hydrogens is 230 g/mol. The first-order chi connectivity index (χ1) is 8.47. The molecule has 4 nitrogen and oxygen atoms in total. The molecule has 2 N–H and O–H groups in total. The van der Waals surface area contributed by atoms with Crippen molar-refractivity contribution in [3.63, 3.8) is 0 Å². The minimum atomic E-state index is -0.458. The lowest BCUT2D eigenvalue weighted by Gasteiger charge is -2.41. The lowest BCUT2D eigenvalue weighted by atomic mass is 9.86. The molecule has 0 bridgehead atoms. The molecular formula is C14H21NO3. The first-order valence-corrected chi connectivity index (χ1v) is 6.14. The van der Waals surface area contributed by atoms with E-state index in [9.17, 15) is 5.11 Å². The van der Waals surface area contributed by atoms with Gasteiger partial charge in [-0.2, -0.15) is 0 Å². The number of aliphatic hydroxyl groups is 1. The smallest absolute Gasteiger partial charge is 0.120 e. The summed E-state index contributed by atoms with van der Waals surface area (Å²) in [5.41, 5.74) is 1.68. The lowest BCUT2D eigenvalue weighted by molar-refractivity contribution is -0.0328. The van der Waals surface area contributed by atoms with E-state index in [4.69, 9.17) is 9.47 Å². The molecule has 0 aliphatic carbocycles. The van der Waals surface area contributed by atoms with E-state index < -0.39 is 11.7 Å². The first-order valence-electron chi connectivity index (χ1n) is 6.14. The molecule has 0 aromatic heterocycles. The van der Waals surface area contributed by atoms with E-state index in [1.807, 2.05) is 32.0 Å². The number of hydrogen-bond donors (Lipinski definition) is 2. The Morgan fingerprint density at radius 3 is 2.67 bits per heavy atom. The molecule has 1 aliphatic heterocycles. The SMILES string of the molecule is COc1ccc2c(c1)NC(C(C)(C)OC)C(O)C2. The summed E-state index contributed by atoms with van der Waals surface area (Å²) in [6.07, 6.45) is 0.171. The van der Waals surface area contributed by atoms with Crippen molar-refractivity contribution >= 4 is 5.69 Å². The van der Waals surface area contributed by atoms with Crippen LogP contribution >= 0.6 is 0 Å². The van der Waals surface area contributed by atoms with Crippen LogP contribution in [0, 0.1) is 0 Å². The van der Waals surface area contributed by atoms with Gasteiger partial charge >= 0.3 is 0 Å². The van der Waals surface area contributed by atoms with Gasteiger partial charge in [0.25, 0.3) is 0 Å². The first kappa shape index (κ1) is 13.2. The number of fused-ring (bicyclic) bond motifs is 1. The Bertz CT molecular complexity index is 431. The summed E-state index contributed by atoms with van der Waals surface area (Å²) in [4.78, 5) is 0. The lowest BCUT2D eigenvalue weighted by Crippen LogP contribution is -2.53. The van der Waals surface area contributed by atoms with Crippen molar-refractivity contribution in [2.45, 2.75) is 38.0 Å². The molecule has 4 heteroatoms. The van der Waals surface area contributed by atoms with E-state index >= 15 is 0 Å². The van der Waals surface area contributed by atoms with Gasteiger partial charge in [0.15, 0.2) is 0 Å². The van der Waals surface area contributed by atoms with Crippen LogP contribution in [0.25, 0.3) is 0 Å². The van der Waals surface area contributed by atoms with Gasteiger partial charge in [0.1, 0.15) is 5.75 Å². The average molecular weight is 251 g/mol. The maximum Gasteiger partial charge on any atom is 0.120 e. The van der Waals surface area contributed by atoms with Gasteiger partial charge in [-0.1, -0.05) is 6.07 Å². The minimum absolute atomic E-state index is 0.137. The molecule has 1 heterocycles. The molecule has 18 heavy (non-hydrogen) atoms. The third-order valence-corrected chi connectivity index (χ3v) is 3.72. The standard InChI is InChI=1S/C14H21NO3/c1-14(2,18-4)13-12(16)7-9-5-6-10(17-3)8-11(9)15-13/h5-6,8,12-13,15-16H,7H2,1-4H3. The zero-order chi connectivity index (χ0) is 13.3. The second-order valence-corrected chi connectivity index (χ2v) is 5.22. The molecule has 2 atom stereocenters. The summed E-state index contributed by atoms with van der Waals surface area (Å²) in [5.74, 6) is 0.812. The fraction of sp³-hybridized carbons (Fsp3) is 0.571.